The fourth-order valence-corrected chi connectivity index (χ4v) is 2.05. The predicted molar refractivity (Wildman–Crippen MR) is 58.0 cm³/mol. The topological polar surface area (TPSA) is 56.2 Å². The molecular formula is C11H11F3N4. The van der Waals surface area contributed by atoms with Gasteiger partial charge in [0.15, 0.2) is 11.3 Å². The third-order valence-electron chi connectivity index (χ3n) is 3.46. The number of aromatic nitrogens is 3. The van der Waals surface area contributed by atoms with Crippen LogP contribution >= 0.6 is 0 Å². The van der Waals surface area contributed by atoms with Gasteiger partial charge in [-0.3, -0.25) is 0 Å². The quantitative estimate of drug-likeness (QED) is 0.890. The van der Waals surface area contributed by atoms with Crippen molar-refractivity contribution in [2.24, 2.45) is 5.73 Å². The molecule has 0 aliphatic heterocycles. The molecule has 0 bridgehead atoms. The third-order valence-corrected chi connectivity index (χ3v) is 3.46. The molecule has 2 N–H and O–H groups in total. The molecule has 18 heavy (non-hydrogen) atoms. The van der Waals surface area contributed by atoms with Gasteiger partial charge in [-0.25, -0.2) is 9.50 Å². The van der Waals surface area contributed by atoms with Crippen molar-refractivity contribution in [2.45, 2.75) is 24.4 Å². The lowest BCUT2D eigenvalue weighted by atomic mass is 10.00. The molecule has 0 aromatic carbocycles. The van der Waals surface area contributed by atoms with E-state index in [0.717, 1.165) is 24.5 Å². The summed E-state index contributed by atoms with van der Waals surface area (Å²) in [6.07, 6.45) is 0.641. The maximum atomic E-state index is 12.5. The Labute approximate surface area is 101 Å². The van der Waals surface area contributed by atoms with Crippen LogP contribution in [0.2, 0.25) is 0 Å². The van der Waals surface area contributed by atoms with Crippen LogP contribution in [0.4, 0.5) is 13.2 Å². The minimum absolute atomic E-state index is 0.106. The summed E-state index contributed by atoms with van der Waals surface area (Å²) in [5.41, 5.74) is 5.70. The van der Waals surface area contributed by atoms with Crippen molar-refractivity contribution in [3.8, 4) is 0 Å². The zero-order valence-corrected chi connectivity index (χ0v) is 9.41. The summed E-state index contributed by atoms with van der Waals surface area (Å²) in [5.74, 6) is 0. The summed E-state index contributed by atoms with van der Waals surface area (Å²) in [7, 11) is 0. The number of alkyl halides is 3. The van der Waals surface area contributed by atoms with Gasteiger partial charge in [-0.05, 0) is 18.4 Å². The van der Waals surface area contributed by atoms with Gasteiger partial charge in [0.25, 0.3) is 0 Å². The van der Waals surface area contributed by atoms with Crippen LogP contribution in [-0.4, -0.2) is 21.1 Å². The number of hydrogen-bond donors (Lipinski definition) is 1. The van der Waals surface area contributed by atoms with Crippen LogP contribution in [0.1, 0.15) is 24.1 Å². The van der Waals surface area contributed by atoms with Crippen LogP contribution < -0.4 is 5.73 Å². The Hall–Kier alpha value is -1.63. The van der Waals surface area contributed by atoms with Gasteiger partial charge in [0.2, 0.25) is 0 Å². The van der Waals surface area contributed by atoms with Crippen molar-refractivity contribution in [2.75, 3.05) is 6.54 Å². The Morgan fingerprint density at radius 1 is 1.39 bits per heavy atom. The lowest BCUT2D eigenvalue weighted by Crippen LogP contribution is -2.20. The fraction of sp³-hybridized carbons (Fsp3) is 0.455. The third kappa shape index (κ3) is 1.66. The molecule has 0 unspecified atom stereocenters. The highest BCUT2D eigenvalue weighted by Gasteiger charge is 2.43. The molecule has 2 aromatic heterocycles. The zero-order chi connectivity index (χ0) is 13.0. The summed E-state index contributed by atoms with van der Waals surface area (Å²) in [6.45, 7) is 0.480. The van der Waals surface area contributed by atoms with Gasteiger partial charge in [-0.2, -0.15) is 18.3 Å². The summed E-state index contributed by atoms with van der Waals surface area (Å²) in [4.78, 5) is 4.01. The molecule has 2 heterocycles. The second-order valence-corrected chi connectivity index (χ2v) is 4.66. The average molecular weight is 256 g/mol. The van der Waals surface area contributed by atoms with E-state index in [-0.39, 0.29) is 11.1 Å². The molecule has 0 atom stereocenters. The molecule has 1 aliphatic rings. The first-order valence-corrected chi connectivity index (χ1v) is 5.58. The largest absolute Gasteiger partial charge is 0.435 e. The molecule has 1 aliphatic carbocycles. The Balaban J connectivity index is 2.08. The SMILES string of the molecule is NCC1(c2cnc3cc(C(F)(F)F)nn3c2)CC1. The van der Waals surface area contributed by atoms with Gasteiger partial charge in [0.1, 0.15) is 0 Å². The molecule has 0 amide bonds. The van der Waals surface area contributed by atoms with E-state index in [1.165, 1.54) is 4.52 Å². The monoisotopic (exact) mass is 256 g/mol. The number of halogens is 3. The van der Waals surface area contributed by atoms with E-state index in [4.69, 9.17) is 5.73 Å². The zero-order valence-electron chi connectivity index (χ0n) is 9.41. The predicted octanol–water partition coefficient (Wildman–Crippen LogP) is 1.74. The van der Waals surface area contributed by atoms with Gasteiger partial charge in [-0.1, -0.05) is 0 Å². The Morgan fingerprint density at radius 2 is 2.11 bits per heavy atom. The number of nitrogens with zero attached hydrogens (tertiary/aromatic N) is 3. The Morgan fingerprint density at radius 3 is 2.67 bits per heavy atom. The number of nitrogens with two attached hydrogens (primary N) is 1. The molecule has 3 rings (SSSR count). The second-order valence-electron chi connectivity index (χ2n) is 4.66. The number of fused-ring (bicyclic) bond motifs is 1. The van der Waals surface area contributed by atoms with Crippen LogP contribution in [0.25, 0.3) is 5.65 Å². The number of rotatable bonds is 2. The van der Waals surface area contributed by atoms with Crippen molar-refractivity contribution in [1.29, 1.82) is 0 Å². The van der Waals surface area contributed by atoms with Crippen LogP contribution in [-0.2, 0) is 11.6 Å². The maximum Gasteiger partial charge on any atom is 0.435 e. The first-order chi connectivity index (χ1) is 8.44. The minimum Gasteiger partial charge on any atom is -0.330 e. The Kier molecular flexibility index (Phi) is 2.19. The van der Waals surface area contributed by atoms with Crippen LogP contribution in [0.5, 0.6) is 0 Å². The van der Waals surface area contributed by atoms with Crippen molar-refractivity contribution >= 4 is 5.65 Å². The van der Waals surface area contributed by atoms with Gasteiger partial charge in [0.05, 0.1) is 0 Å². The maximum absolute atomic E-state index is 12.5. The summed E-state index contributed by atoms with van der Waals surface area (Å²) in [6, 6.07) is 0.936. The highest BCUT2D eigenvalue weighted by Crippen LogP contribution is 2.46. The van der Waals surface area contributed by atoms with Crippen molar-refractivity contribution in [1.82, 2.24) is 14.6 Å². The first kappa shape index (κ1) is 11.5. The van der Waals surface area contributed by atoms with Crippen molar-refractivity contribution in [3.05, 3.63) is 29.7 Å². The molecule has 0 radical (unpaired) electrons. The summed E-state index contributed by atoms with van der Waals surface area (Å²) in [5, 5.41) is 3.51. The highest BCUT2D eigenvalue weighted by molar-refractivity contribution is 5.42. The van der Waals surface area contributed by atoms with Crippen molar-refractivity contribution in [3.63, 3.8) is 0 Å². The van der Waals surface area contributed by atoms with Crippen LogP contribution in [0.15, 0.2) is 18.5 Å². The Bertz CT molecular complexity index is 598. The average Bonchev–Trinajstić information content (AvgIpc) is 2.99. The van der Waals surface area contributed by atoms with E-state index in [2.05, 4.69) is 10.1 Å². The van der Waals surface area contributed by atoms with E-state index < -0.39 is 11.9 Å². The molecule has 4 nitrogen and oxygen atoms in total. The van der Waals surface area contributed by atoms with E-state index in [1.54, 1.807) is 12.4 Å². The lowest BCUT2D eigenvalue weighted by molar-refractivity contribution is -0.141. The molecule has 1 fully saturated rings. The van der Waals surface area contributed by atoms with Gasteiger partial charge >= 0.3 is 6.18 Å². The van der Waals surface area contributed by atoms with E-state index in [0.29, 0.717) is 6.54 Å². The second kappa shape index (κ2) is 3.44. The summed E-state index contributed by atoms with van der Waals surface area (Å²) >= 11 is 0. The van der Waals surface area contributed by atoms with Crippen LogP contribution in [0, 0.1) is 0 Å². The minimum atomic E-state index is -4.45. The van der Waals surface area contributed by atoms with Crippen LogP contribution in [0.3, 0.4) is 0 Å². The molecule has 0 saturated heterocycles. The smallest absolute Gasteiger partial charge is 0.330 e. The molecule has 7 heteroatoms. The van der Waals surface area contributed by atoms with E-state index in [9.17, 15) is 13.2 Å². The number of hydrogen-bond acceptors (Lipinski definition) is 3. The standard InChI is InChI=1S/C11H11F3N4/c12-11(13,14)8-3-9-16-4-7(5-18(9)17-8)10(6-15)1-2-10/h3-5H,1-2,6,15H2. The molecule has 2 aromatic rings. The normalized spacial score (nSPS) is 18.2. The fourth-order valence-electron chi connectivity index (χ4n) is 2.05. The highest BCUT2D eigenvalue weighted by atomic mass is 19.4. The molecule has 96 valence electrons. The van der Waals surface area contributed by atoms with E-state index in [1.807, 2.05) is 0 Å². The molecule has 0 spiro atoms. The molecule has 1 saturated carbocycles. The van der Waals surface area contributed by atoms with Gasteiger partial charge in [0, 0.05) is 30.4 Å². The summed E-state index contributed by atoms with van der Waals surface area (Å²) < 4.78 is 38.7. The van der Waals surface area contributed by atoms with E-state index >= 15 is 0 Å². The van der Waals surface area contributed by atoms with Gasteiger partial charge in [-0.15, -0.1) is 0 Å². The molecular weight excluding hydrogens is 245 g/mol. The van der Waals surface area contributed by atoms with Gasteiger partial charge < -0.3 is 5.73 Å². The lowest BCUT2D eigenvalue weighted by Gasteiger charge is -2.11. The van der Waals surface area contributed by atoms with Crippen molar-refractivity contribution < 1.29 is 13.2 Å². The first-order valence-electron chi connectivity index (χ1n) is 5.58.